The van der Waals surface area contributed by atoms with Gasteiger partial charge in [0.15, 0.2) is 0 Å². The molecule has 3 aromatic rings. The van der Waals surface area contributed by atoms with Gasteiger partial charge < -0.3 is 9.88 Å². The molecule has 29 heavy (non-hydrogen) atoms. The number of H-pyrrole nitrogens is 1. The minimum Gasteiger partial charge on any atom is -0.324 e. The van der Waals surface area contributed by atoms with E-state index >= 15 is 0 Å². The van der Waals surface area contributed by atoms with E-state index in [4.69, 9.17) is 11.6 Å². The summed E-state index contributed by atoms with van der Waals surface area (Å²) in [7, 11) is 0. The second-order valence-electron chi connectivity index (χ2n) is 6.85. The van der Waals surface area contributed by atoms with Gasteiger partial charge in [0, 0.05) is 17.4 Å². The van der Waals surface area contributed by atoms with Crippen LogP contribution in [-0.4, -0.2) is 17.6 Å². The van der Waals surface area contributed by atoms with Gasteiger partial charge in [0.1, 0.15) is 18.3 Å². The lowest BCUT2D eigenvalue weighted by Gasteiger charge is -2.39. The van der Waals surface area contributed by atoms with Crippen LogP contribution in [0.25, 0.3) is 0 Å². The van der Waals surface area contributed by atoms with Crippen LogP contribution in [0.15, 0.2) is 47.3 Å². The third-order valence-corrected chi connectivity index (χ3v) is 5.21. The van der Waals surface area contributed by atoms with Gasteiger partial charge in [-0.05, 0) is 55.8 Å². The van der Waals surface area contributed by atoms with Crippen molar-refractivity contribution in [3.8, 4) is 0 Å². The van der Waals surface area contributed by atoms with Gasteiger partial charge in [-0.3, -0.25) is 14.5 Å². The molecule has 5 nitrogen and oxygen atoms in total. The van der Waals surface area contributed by atoms with Crippen LogP contribution in [0.4, 0.5) is 25.8 Å². The van der Waals surface area contributed by atoms with Crippen LogP contribution in [0.3, 0.4) is 0 Å². The monoisotopic (exact) mass is 415 g/mol. The fraction of sp³-hybridized carbons (Fsp3) is 0.143. The highest BCUT2D eigenvalue weighted by molar-refractivity contribution is 6.31. The molecule has 0 atom stereocenters. The number of anilines is 3. The zero-order valence-electron chi connectivity index (χ0n) is 15.6. The maximum atomic E-state index is 14.2. The van der Waals surface area contributed by atoms with Crippen molar-refractivity contribution in [3.63, 3.8) is 0 Å². The van der Waals surface area contributed by atoms with Gasteiger partial charge in [0.25, 0.3) is 5.91 Å². The topological polar surface area (TPSA) is 56.4 Å². The number of nitrogens with one attached hydrogen (secondary N) is 1. The first-order valence-electron chi connectivity index (χ1n) is 8.81. The predicted octanol–water partition coefficient (Wildman–Crippen LogP) is 4.68. The molecule has 0 spiro atoms. The molecule has 8 heteroatoms. The maximum absolute atomic E-state index is 14.2. The summed E-state index contributed by atoms with van der Waals surface area (Å²) in [4.78, 5) is 30.6. The Hall–Kier alpha value is -3.19. The number of benzene rings is 2. The number of rotatable bonds is 2. The summed E-state index contributed by atoms with van der Waals surface area (Å²) < 4.78 is 27.9. The van der Waals surface area contributed by atoms with Crippen molar-refractivity contribution < 1.29 is 13.6 Å². The molecule has 1 aromatic heterocycles. The van der Waals surface area contributed by atoms with E-state index in [0.717, 1.165) is 0 Å². The molecule has 0 saturated heterocycles. The number of hydrogen-bond acceptors (Lipinski definition) is 3. The van der Waals surface area contributed by atoms with E-state index in [1.54, 1.807) is 30.9 Å². The lowest BCUT2D eigenvalue weighted by molar-refractivity contribution is 0.0983. The number of fused-ring (bicyclic) bond motifs is 1. The van der Waals surface area contributed by atoms with E-state index in [1.165, 1.54) is 35.2 Å². The molecule has 2 aromatic carbocycles. The molecule has 4 rings (SSSR count). The molecule has 148 valence electrons. The highest BCUT2D eigenvalue weighted by atomic mass is 35.5. The third kappa shape index (κ3) is 3.27. The molecular formula is C21H16ClF2N3O2. The first kappa shape index (κ1) is 19.1. The summed E-state index contributed by atoms with van der Waals surface area (Å²) in [5.41, 5.74) is 2.52. The van der Waals surface area contributed by atoms with E-state index in [1.807, 2.05) is 0 Å². The minimum absolute atomic E-state index is 0.0479. The van der Waals surface area contributed by atoms with Gasteiger partial charge >= 0.3 is 0 Å². The van der Waals surface area contributed by atoms with Crippen LogP contribution in [0.5, 0.6) is 0 Å². The second kappa shape index (κ2) is 7.00. The average Bonchev–Trinajstić information content (AvgIpc) is 2.65. The van der Waals surface area contributed by atoms with Crippen molar-refractivity contribution >= 4 is 34.6 Å². The minimum atomic E-state index is -0.656. The van der Waals surface area contributed by atoms with Crippen molar-refractivity contribution in [2.75, 3.05) is 16.5 Å². The van der Waals surface area contributed by atoms with Crippen LogP contribution in [0.1, 0.15) is 21.6 Å². The first-order valence-corrected chi connectivity index (χ1v) is 9.18. The van der Waals surface area contributed by atoms with Crippen LogP contribution >= 0.6 is 11.6 Å². The van der Waals surface area contributed by atoms with Crippen LogP contribution in [0.2, 0.25) is 5.02 Å². The van der Waals surface area contributed by atoms with Crippen molar-refractivity contribution in [1.29, 1.82) is 0 Å². The van der Waals surface area contributed by atoms with Crippen LogP contribution in [-0.2, 0) is 0 Å². The molecule has 1 N–H and O–H groups in total. The highest BCUT2D eigenvalue weighted by Gasteiger charge is 2.33. The summed E-state index contributed by atoms with van der Waals surface area (Å²) in [5.74, 6) is -1.43. The Morgan fingerprint density at radius 3 is 2.34 bits per heavy atom. The van der Waals surface area contributed by atoms with Gasteiger partial charge in [-0.15, -0.1) is 0 Å². The molecule has 0 radical (unpaired) electrons. The molecule has 0 saturated carbocycles. The Bertz CT molecular complexity index is 1210. The highest BCUT2D eigenvalue weighted by Crippen LogP contribution is 2.39. The normalized spacial score (nSPS) is 13.6. The molecular weight excluding hydrogens is 400 g/mol. The largest absolute Gasteiger partial charge is 0.324 e. The molecule has 0 aliphatic carbocycles. The SMILES string of the molecule is Cc1cc(F)ccc1N1CN(c2ccc(=O)[nH]c2C)C(=O)c2cc(Cl)c(F)cc21. The Labute approximate surface area is 170 Å². The zero-order valence-corrected chi connectivity index (χ0v) is 16.3. The fourth-order valence-electron chi connectivity index (χ4n) is 3.53. The standard InChI is InChI=1S/C21H16ClF2N3O2/c1-11-7-13(23)3-4-17(11)26-10-27(18-5-6-20(28)25-12(18)2)21(29)14-8-15(22)16(24)9-19(14)26/h3-9H,10H2,1-2H3,(H,25,28). The van der Waals surface area contributed by atoms with E-state index in [0.29, 0.717) is 28.3 Å². The number of pyridine rings is 1. The Morgan fingerprint density at radius 1 is 0.931 bits per heavy atom. The summed E-state index contributed by atoms with van der Waals surface area (Å²) in [6, 6.07) is 9.62. The average molecular weight is 416 g/mol. The third-order valence-electron chi connectivity index (χ3n) is 4.92. The van der Waals surface area contributed by atoms with Crippen molar-refractivity contribution in [2.24, 2.45) is 0 Å². The van der Waals surface area contributed by atoms with Gasteiger partial charge in [-0.1, -0.05) is 11.6 Å². The first-order chi connectivity index (χ1) is 13.8. The van der Waals surface area contributed by atoms with E-state index < -0.39 is 11.6 Å². The molecule has 1 aliphatic heterocycles. The van der Waals surface area contributed by atoms with Crippen LogP contribution < -0.4 is 15.4 Å². The summed E-state index contributed by atoms with van der Waals surface area (Å²) in [5, 5.41) is -0.173. The second-order valence-corrected chi connectivity index (χ2v) is 7.26. The zero-order chi connectivity index (χ0) is 20.9. The van der Waals surface area contributed by atoms with Crippen LogP contribution in [0, 0.1) is 25.5 Å². The molecule has 2 heterocycles. The van der Waals surface area contributed by atoms with Crippen molar-refractivity contribution in [2.45, 2.75) is 13.8 Å². The van der Waals surface area contributed by atoms with Crippen molar-refractivity contribution in [3.05, 3.63) is 86.3 Å². The predicted molar refractivity (Wildman–Crippen MR) is 108 cm³/mol. The fourth-order valence-corrected chi connectivity index (χ4v) is 3.70. The van der Waals surface area contributed by atoms with Gasteiger partial charge in [-0.2, -0.15) is 0 Å². The molecule has 1 aliphatic rings. The Kier molecular flexibility index (Phi) is 4.62. The van der Waals surface area contributed by atoms with Crippen molar-refractivity contribution in [1.82, 2.24) is 4.98 Å². The Morgan fingerprint density at radius 2 is 1.66 bits per heavy atom. The molecule has 1 amide bonds. The number of halogens is 3. The van der Waals surface area contributed by atoms with Gasteiger partial charge in [0.2, 0.25) is 5.56 Å². The quantitative estimate of drug-likeness (QED) is 0.661. The van der Waals surface area contributed by atoms with E-state index in [2.05, 4.69) is 4.98 Å². The van der Waals surface area contributed by atoms with Gasteiger partial charge in [0.05, 0.1) is 22.0 Å². The molecule has 0 fully saturated rings. The smallest absolute Gasteiger partial charge is 0.262 e. The maximum Gasteiger partial charge on any atom is 0.262 e. The number of aromatic amines is 1. The lowest BCUT2D eigenvalue weighted by Crippen LogP contribution is -2.45. The van der Waals surface area contributed by atoms with Gasteiger partial charge in [-0.25, -0.2) is 8.78 Å². The molecule has 0 bridgehead atoms. The Balaban J connectivity index is 1.93. The number of amides is 1. The number of aromatic nitrogens is 1. The molecule has 0 unspecified atom stereocenters. The summed E-state index contributed by atoms with van der Waals surface area (Å²) in [6.45, 7) is 3.47. The summed E-state index contributed by atoms with van der Waals surface area (Å²) >= 11 is 5.94. The number of carbonyl (C=O) groups is 1. The van der Waals surface area contributed by atoms with E-state index in [-0.39, 0.29) is 28.7 Å². The number of hydrogen-bond donors (Lipinski definition) is 1. The summed E-state index contributed by atoms with van der Waals surface area (Å²) in [6.07, 6.45) is 0. The number of nitrogens with zero attached hydrogens (tertiary/aromatic N) is 2. The number of aryl methyl sites for hydroxylation is 2. The lowest BCUT2D eigenvalue weighted by atomic mass is 10.0. The van der Waals surface area contributed by atoms with E-state index in [9.17, 15) is 18.4 Å². The number of carbonyl (C=O) groups excluding carboxylic acids is 1.